The van der Waals surface area contributed by atoms with E-state index in [1.165, 1.54) is 0 Å². The molecule has 0 amide bonds. The van der Waals surface area contributed by atoms with Crippen LogP contribution in [-0.2, 0) is 9.53 Å². The molecule has 1 unspecified atom stereocenters. The van der Waals surface area contributed by atoms with Gasteiger partial charge in [-0.3, -0.25) is 0 Å². The number of carbonyl (C=O) groups is 1. The quantitative estimate of drug-likeness (QED) is 0.661. The van der Waals surface area contributed by atoms with Crippen LogP contribution in [0.2, 0.25) is 5.02 Å². The Kier molecular flexibility index (Phi) is 4.20. The first-order chi connectivity index (χ1) is 7.47. The van der Waals surface area contributed by atoms with Gasteiger partial charge in [0.25, 0.3) is 0 Å². The predicted octanol–water partition coefficient (Wildman–Crippen LogP) is 2.21. The van der Waals surface area contributed by atoms with E-state index in [0.29, 0.717) is 6.07 Å². The number of ether oxygens (including phenoxy) is 1. The summed E-state index contributed by atoms with van der Waals surface area (Å²) in [5, 5.41) is 9.05. The molecule has 1 N–H and O–H groups in total. The van der Waals surface area contributed by atoms with Gasteiger partial charge < -0.3 is 9.84 Å². The van der Waals surface area contributed by atoms with Gasteiger partial charge in [-0.15, -0.1) is 0 Å². The number of hydrogen-bond acceptors (Lipinski definition) is 3. The fourth-order valence-electron chi connectivity index (χ4n) is 1.10. The lowest BCUT2D eigenvalue weighted by atomic mass is 10.1. The Bertz CT molecular complexity index is 409. The fraction of sp³-hybridized carbons (Fsp3) is 0.300. The number of hydrogen-bond donors (Lipinski definition) is 1. The number of esters is 1. The van der Waals surface area contributed by atoms with Crippen molar-refractivity contribution in [2.45, 2.75) is 13.0 Å². The van der Waals surface area contributed by atoms with Gasteiger partial charge in [0.1, 0.15) is 11.6 Å². The molecule has 0 aromatic heterocycles. The highest BCUT2D eigenvalue weighted by Crippen LogP contribution is 2.24. The fourth-order valence-corrected chi connectivity index (χ4v) is 1.27. The zero-order valence-corrected chi connectivity index (χ0v) is 9.09. The van der Waals surface area contributed by atoms with Crippen molar-refractivity contribution in [3.8, 4) is 0 Å². The number of carbonyl (C=O) groups excluding carboxylic acids is 1. The highest BCUT2D eigenvalue weighted by Gasteiger charge is 2.23. The number of aliphatic hydroxyl groups is 1. The van der Waals surface area contributed by atoms with Gasteiger partial charge in [0, 0.05) is 11.6 Å². The minimum absolute atomic E-state index is 0.0481. The summed E-state index contributed by atoms with van der Waals surface area (Å²) in [4.78, 5) is 11.1. The lowest BCUT2D eigenvalue weighted by Gasteiger charge is -2.11. The van der Waals surface area contributed by atoms with Gasteiger partial charge in [0.15, 0.2) is 6.10 Å². The van der Waals surface area contributed by atoms with Crippen LogP contribution in [0, 0.1) is 11.6 Å². The van der Waals surface area contributed by atoms with E-state index < -0.39 is 29.3 Å². The normalized spacial score (nSPS) is 12.3. The molecule has 0 aliphatic heterocycles. The van der Waals surface area contributed by atoms with Crippen molar-refractivity contribution in [3.63, 3.8) is 0 Å². The third-order valence-electron chi connectivity index (χ3n) is 1.84. The van der Waals surface area contributed by atoms with E-state index in [1.807, 2.05) is 0 Å². The van der Waals surface area contributed by atoms with Crippen molar-refractivity contribution in [3.05, 3.63) is 34.4 Å². The molecule has 1 aromatic rings. The molecule has 16 heavy (non-hydrogen) atoms. The van der Waals surface area contributed by atoms with Crippen molar-refractivity contribution in [1.82, 2.24) is 0 Å². The maximum atomic E-state index is 13.2. The Morgan fingerprint density at radius 1 is 1.50 bits per heavy atom. The van der Waals surface area contributed by atoms with Crippen molar-refractivity contribution >= 4 is 17.6 Å². The molecule has 0 saturated heterocycles. The van der Waals surface area contributed by atoms with Gasteiger partial charge >= 0.3 is 5.97 Å². The van der Waals surface area contributed by atoms with Crippen LogP contribution in [0.3, 0.4) is 0 Å². The molecule has 0 saturated carbocycles. The zero-order chi connectivity index (χ0) is 12.3. The van der Waals surface area contributed by atoms with Gasteiger partial charge in [0.05, 0.1) is 11.6 Å². The molecule has 1 atom stereocenters. The van der Waals surface area contributed by atoms with E-state index in [2.05, 4.69) is 4.74 Å². The van der Waals surface area contributed by atoms with Gasteiger partial charge in [-0.25, -0.2) is 13.6 Å². The molecule has 6 heteroatoms. The average Bonchev–Trinajstić information content (AvgIpc) is 2.23. The Labute approximate surface area is 95.6 Å². The van der Waals surface area contributed by atoms with Crippen LogP contribution < -0.4 is 0 Å². The molecule has 0 heterocycles. The topological polar surface area (TPSA) is 46.5 Å². The lowest BCUT2D eigenvalue weighted by molar-refractivity contribution is -0.153. The Morgan fingerprint density at radius 3 is 2.69 bits per heavy atom. The van der Waals surface area contributed by atoms with Gasteiger partial charge in [0.2, 0.25) is 0 Å². The minimum atomic E-state index is -1.81. The van der Waals surface area contributed by atoms with Crippen molar-refractivity contribution in [1.29, 1.82) is 0 Å². The first-order valence-corrected chi connectivity index (χ1v) is 4.84. The summed E-state index contributed by atoms with van der Waals surface area (Å²) in [7, 11) is 0. The van der Waals surface area contributed by atoms with Crippen LogP contribution in [0.15, 0.2) is 12.1 Å². The third kappa shape index (κ3) is 2.68. The van der Waals surface area contributed by atoms with Crippen molar-refractivity contribution in [2.24, 2.45) is 0 Å². The standard InChI is InChI=1S/C10H9ClF2O3/c1-2-16-10(15)9(14)5-3-6(11)8(13)4-7(5)12/h3-4,9,14H,2H2,1H3. The molecular formula is C10H9ClF2O3. The van der Waals surface area contributed by atoms with E-state index in [9.17, 15) is 18.7 Å². The average molecular weight is 251 g/mol. The van der Waals surface area contributed by atoms with E-state index in [-0.39, 0.29) is 11.6 Å². The van der Waals surface area contributed by atoms with Crippen LogP contribution in [-0.4, -0.2) is 17.7 Å². The Hall–Kier alpha value is -1.20. The maximum Gasteiger partial charge on any atom is 0.339 e. The molecule has 0 aliphatic carbocycles. The second kappa shape index (κ2) is 5.23. The molecular weight excluding hydrogens is 242 g/mol. The summed E-state index contributed by atoms with van der Waals surface area (Å²) < 4.78 is 30.5. The smallest absolute Gasteiger partial charge is 0.339 e. The van der Waals surface area contributed by atoms with E-state index in [4.69, 9.17) is 11.6 Å². The van der Waals surface area contributed by atoms with Crippen LogP contribution in [0.5, 0.6) is 0 Å². The SMILES string of the molecule is CCOC(=O)C(O)c1cc(Cl)c(F)cc1F. The Morgan fingerprint density at radius 2 is 2.12 bits per heavy atom. The van der Waals surface area contributed by atoms with Gasteiger partial charge in [-0.05, 0) is 13.0 Å². The van der Waals surface area contributed by atoms with Crippen LogP contribution >= 0.6 is 11.6 Å². The highest BCUT2D eigenvalue weighted by molar-refractivity contribution is 6.30. The first kappa shape index (κ1) is 12.9. The molecule has 0 spiro atoms. The molecule has 88 valence electrons. The number of rotatable bonds is 3. The second-order valence-corrected chi connectivity index (χ2v) is 3.35. The summed E-state index contributed by atoms with van der Waals surface area (Å²) in [5.41, 5.74) is -0.412. The number of halogens is 3. The van der Waals surface area contributed by atoms with Crippen molar-refractivity contribution < 1.29 is 23.4 Å². The van der Waals surface area contributed by atoms with Crippen LogP contribution in [0.1, 0.15) is 18.6 Å². The molecule has 1 aromatic carbocycles. The molecule has 0 aliphatic rings. The number of benzene rings is 1. The summed E-state index contributed by atoms with van der Waals surface area (Å²) >= 11 is 5.41. The van der Waals surface area contributed by atoms with Gasteiger partial charge in [-0.2, -0.15) is 0 Å². The highest BCUT2D eigenvalue weighted by atomic mass is 35.5. The molecule has 0 bridgehead atoms. The second-order valence-electron chi connectivity index (χ2n) is 2.94. The third-order valence-corrected chi connectivity index (χ3v) is 2.13. The zero-order valence-electron chi connectivity index (χ0n) is 8.34. The van der Waals surface area contributed by atoms with Crippen molar-refractivity contribution in [2.75, 3.05) is 6.61 Å². The van der Waals surface area contributed by atoms with E-state index in [0.717, 1.165) is 6.07 Å². The monoisotopic (exact) mass is 250 g/mol. The maximum absolute atomic E-state index is 13.2. The summed E-state index contributed by atoms with van der Waals surface area (Å²) in [6, 6.07) is 1.36. The first-order valence-electron chi connectivity index (χ1n) is 4.46. The summed E-state index contributed by atoms with van der Waals surface area (Å²) in [6.45, 7) is 1.59. The van der Waals surface area contributed by atoms with Crippen LogP contribution in [0.4, 0.5) is 8.78 Å². The predicted molar refractivity (Wildman–Crippen MR) is 53.0 cm³/mol. The summed E-state index contributed by atoms with van der Waals surface area (Å²) in [5.74, 6) is -3.02. The molecule has 3 nitrogen and oxygen atoms in total. The molecule has 0 radical (unpaired) electrons. The Balaban J connectivity index is 3.04. The van der Waals surface area contributed by atoms with Gasteiger partial charge in [-0.1, -0.05) is 11.6 Å². The number of aliphatic hydroxyl groups excluding tert-OH is 1. The lowest BCUT2D eigenvalue weighted by Crippen LogP contribution is -2.16. The molecule has 1 rings (SSSR count). The van der Waals surface area contributed by atoms with Crippen LogP contribution in [0.25, 0.3) is 0 Å². The molecule has 0 fully saturated rings. The van der Waals surface area contributed by atoms with E-state index >= 15 is 0 Å². The van der Waals surface area contributed by atoms with E-state index in [1.54, 1.807) is 6.92 Å². The summed E-state index contributed by atoms with van der Waals surface area (Å²) in [6.07, 6.45) is -1.81. The minimum Gasteiger partial charge on any atom is -0.464 e. The largest absolute Gasteiger partial charge is 0.464 e.